The number of aryl methyl sites for hydroxylation is 3. The van der Waals surface area contributed by atoms with Crippen LogP contribution in [0.4, 0.5) is 0 Å². The maximum absolute atomic E-state index is 12.9. The van der Waals surface area contributed by atoms with E-state index in [-0.39, 0.29) is 11.9 Å². The first-order chi connectivity index (χ1) is 10.7. The van der Waals surface area contributed by atoms with E-state index < -0.39 is 0 Å². The summed E-state index contributed by atoms with van der Waals surface area (Å²) in [7, 11) is 0. The Hall–Kier alpha value is -2.11. The van der Waals surface area contributed by atoms with Crippen LogP contribution in [-0.4, -0.2) is 38.3 Å². The van der Waals surface area contributed by atoms with Crippen molar-refractivity contribution in [2.24, 2.45) is 0 Å². The highest BCUT2D eigenvalue weighted by Gasteiger charge is 2.30. The van der Waals surface area contributed by atoms with Crippen LogP contribution >= 0.6 is 0 Å². The first-order valence-electron chi connectivity index (χ1n) is 7.88. The fourth-order valence-corrected chi connectivity index (χ4v) is 3.21. The number of carbonyl (C=O) groups excluding carboxylic acids is 1. The normalized spacial score (nSPS) is 18.6. The number of amides is 1. The zero-order chi connectivity index (χ0) is 15.5. The predicted octanol–water partition coefficient (Wildman–Crippen LogP) is 2.57. The summed E-state index contributed by atoms with van der Waals surface area (Å²) >= 11 is 0. The van der Waals surface area contributed by atoms with Crippen molar-refractivity contribution < 1.29 is 9.32 Å². The molecule has 6 nitrogen and oxygen atoms in total. The second-order valence-electron chi connectivity index (χ2n) is 5.91. The van der Waals surface area contributed by atoms with Gasteiger partial charge in [-0.05, 0) is 45.6 Å². The van der Waals surface area contributed by atoms with Crippen molar-refractivity contribution >= 4 is 5.91 Å². The van der Waals surface area contributed by atoms with E-state index in [2.05, 4.69) is 10.3 Å². The van der Waals surface area contributed by atoms with Gasteiger partial charge in [-0.1, -0.05) is 5.16 Å². The molecule has 1 unspecified atom stereocenters. The topological polar surface area (TPSA) is 64.2 Å². The van der Waals surface area contributed by atoms with E-state index in [9.17, 15) is 4.79 Å². The fraction of sp³-hybridized carbons (Fsp3) is 0.562. The highest BCUT2D eigenvalue weighted by molar-refractivity contribution is 5.96. The monoisotopic (exact) mass is 302 g/mol. The zero-order valence-electron chi connectivity index (χ0n) is 13.2. The van der Waals surface area contributed by atoms with E-state index in [0.717, 1.165) is 32.4 Å². The van der Waals surface area contributed by atoms with Crippen molar-refractivity contribution in [2.45, 2.75) is 52.1 Å². The molecule has 2 aromatic rings. The summed E-state index contributed by atoms with van der Waals surface area (Å²) in [5.74, 6) is 0.667. The third-order valence-corrected chi connectivity index (χ3v) is 4.39. The molecule has 0 radical (unpaired) electrons. The van der Waals surface area contributed by atoms with Gasteiger partial charge in [-0.25, -0.2) is 0 Å². The van der Waals surface area contributed by atoms with Gasteiger partial charge in [-0.2, -0.15) is 5.10 Å². The summed E-state index contributed by atoms with van der Waals surface area (Å²) in [6.45, 7) is 5.28. The molecule has 118 valence electrons. The molecule has 1 saturated heterocycles. The van der Waals surface area contributed by atoms with Crippen LogP contribution in [-0.2, 0) is 6.54 Å². The molecule has 0 saturated carbocycles. The Kier molecular flexibility index (Phi) is 4.27. The molecule has 0 bridgehead atoms. The van der Waals surface area contributed by atoms with Gasteiger partial charge in [0, 0.05) is 31.5 Å². The summed E-state index contributed by atoms with van der Waals surface area (Å²) < 4.78 is 7.07. The van der Waals surface area contributed by atoms with Gasteiger partial charge in [-0.3, -0.25) is 9.48 Å². The van der Waals surface area contributed by atoms with E-state index in [4.69, 9.17) is 4.52 Å². The van der Waals surface area contributed by atoms with E-state index in [1.807, 2.05) is 28.8 Å². The van der Waals surface area contributed by atoms with Crippen LogP contribution in [0.3, 0.4) is 0 Å². The molecular formula is C16H22N4O2. The van der Waals surface area contributed by atoms with Crippen molar-refractivity contribution in [3.05, 3.63) is 35.5 Å². The standard InChI is InChI=1S/C16H22N4O2/c1-12-15(13(2)22-18-12)16(21)20-10-4-3-6-14(20)7-11-19-9-5-8-17-19/h5,8-9,14H,3-4,6-7,10-11H2,1-2H3. The van der Waals surface area contributed by atoms with Crippen molar-refractivity contribution in [3.8, 4) is 0 Å². The maximum atomic E-state index is 12.9. The highest BCUT2D eigenvalue weighted by atomic mass is 16.5. The number of nitrogens with zero attached hydrogens (tertiary/aromatic N) is 4. The third-order valence-electron chi connectivity index (χ3n) is 4.39. The van der Waals surface area contributed by atoms with Gasteiger partial charge in [0.1, 0.15) is 11.3 Å². The summed E-state index contributed by atoms with van der Waals surface area (Å²) in [4.78, 5) is 14.9. The zero-order valence-corrected chi connectivity index (χ0v) is 13.2. The lowest BCUT2D eigenvalue weighted by Crippen LogP contribution is -2.44. The molecule has 6 heteroatoms. The molecule has 22 heavy (non-hydrogen) atoms. The van der Waals surface area contributed by atoms with E-state index >= 15 is 0 Å². The fourth-order valence-electron chi connectivity index (χ4n) is 3.21. The molecule has 2 aromatic heterocycles. The van der Waals surface area contributed by atoms with Crippen LogP contribution in [0.15, 0.2) is 23.0 Å². The molecule has 1 aliphatic heterocycles. The lowest BCUT2D eigenvalue weighted by atomic mass is 9.98. The van der Waals surface area contributed by atoms with E-state index in [0.29, 0.717) is 17.0 Å². The Labute approximate surface area is 130 Å². The van der Waals surface area contributed by atoms with Gasteiger partial charge >= 0.3 is 0 Å². The molecule has 1 amide bonds. The molecule has 3 heterocycles. The molecule has 3 rings (SSSR count). The minimum atomic E-state index is 0.0569. The Morgan fingerprint density at radius 2 is 2.27 bits per heavy atom. The van der Waals surface area contributed by atoms with E-state index in [1.54, 1.807) is 13.1 Å². The van der Waals surface area contributed by atoms with Crippen LogP contribution in [0.1, 0.15) is 47.5 Å². The van der Waals surface area contributed by atoms with Crippen LogP contribution in [0.25, 0.3) is 0 Å². The van der Waals surface area contributed by atoms with Crippen molar-refractivity contribution in [1.82, 2.24) is 19.8 Å². The number of hydrogen-bond donors (Lipinski definition) is 0. The number of piperidine rings is 1. The third kappa shape index (κ3) is 2.91. The van der Waals surface area contributed by atoms with Crippen LogP contribution in [0.5, 0.6) is 0 Å². The molecule has 1 aliphatic rings. The Morgan fingerprint density at radius 1 is 1.41 bits per heavy atom. The highest BCUT2D eigenvalue weighted by Crippen LogP contribution is 2.24. The average Bonchev–Trinajstić information content (AvgIpc) is 3.15. The maximum Gasteiger partial charge on any atom is 0.259 e. The molecule has 1 atom stereocenters. The predicted molar refractivity (Wildman–Crippen MR) is 81.5 cm³/mol. The second-order valence-corrected chi connectivity index (χ2v) is 5.91. The lowest BCUT2D eigenvalue weighted by molar-refractivity contribution is 0.0591. The minimum absolute atomic E-state index is 0.0569. The quantitative estimate of drug-likeness (QED) is 0.870. The van der Waals surface area contributed by atoms with Crippen molar-refractivity contribution in [1.29, 1.82) is 0 Å². The number of rotatable bonds is 4. The average molecular weight is 302 g/mol. The van der Waals surface area contributed by atoms with Crippen molar-refractivity contribution in [3.63, 3.8) is 0 Å². The number of hydrogen-bond acceptors (Lipinski definition) is 4. The van der Waals surface area contributed by atoms with Gasteiger partial charge in [-0.15, -0.1) is 0 Å². The molecule has 0 aliphatic carbocycles. The molecule has 0 N–H and O–H groups in total. The molecule has 0 spiro atoms. The summed E-state index contributed by atoms with van der Waals surface area (Å²) in [6, 6.07) is 2.19. The summed E-state index contributed by atoms with van der Waals surface area (Å²) in [5.41, 5.74) is 1.31. The Balaban J connectivity index is 1.73. The number of carbonyl (C=O) groups is 1. The SMILES string of the molecule is Cc1noc(C)c1C(=O)N1CCCCC1CCn1cccn1. The van der Waals surface area contributed by atoms with Gasteiger partial charge in [0.05, 0.1) is 5.69 Å². The second kappa shape index (κ2) is 6.34. The molecule has 1 fully saturated rings. The lowest BCUT2D eigenvalue weighted by Gasteiger charge is -2.35. The first kappa shape index (κ1) is 14.8. The van der Waals surface area contributed by atoms with Crippen molar-refractivity contribution in [2.75, 3.05) is 6.54 Å². The number of aromatic nitrogens is 3. The summed E-state index contributed by atoms with van der Waals surface area (Å²) in [6.07, 6.45) is 7.96. The van der Waals surface area contributed by atoms with E-state index in [1.165, 1.54) is 6.42 Å². The van der Waals surface area contributed by atoms with Crippen LogP contribution in [0, 0.1) is 13.8 Å². The van der Waals surface area contributed by atoms with Gasteiger partial charge in [0.2, 0.25) is 0 Å². The van der Waals surface area contributed by atoms with Gasteiger partial charge in [0.25, 0.3) is 5.91 Å². The largest absolute Gasteiger partial charge is 0.361 e. The Morgan fingerprint density at radius 3 is 2.95 bits per heavy atom. The molecule has 0 aromatic carbocycles. The van der Waals surface area contributed by atoms with Crippen LogP contribution in [0.2, 0.25) is 0 Å². The Bertz CT molecular complexity index is 613. The van der Waals surface area contributed by atoms with Gasteiger partial charge < -0.3 is 9.42 Å². The first-order valence-corrected chi connectivity index (χ1v) is 7.88. The van der Waals surface area contributed by atoms with Gasteiger partial charge in [0.15, 0.2) is 0 Å². The van der Waals surface area contributed by atoms with Crippen LogP contribution < -0.4 is 0 Å². The molecular weight excluding hydrogens is 280 g/mol. The number of likely N-dealkylation sites (tertiary alicyclic amines) is 1. The smallest absolute Gasteiger partial charge is 0.259 e. The summed E-state index contributed by atoms with van der Waals surface area (Å²) in [5, 5.41) is 8.14. The minimum Gasteiger partial charge on any atom is -0.361 e.